The summed E-state index contributed by atoms with van der Waals surface area (Å²) in [7, 11) is 1.91. The van der Waals surface area contributed by atoms with Crippen LogP contribution in [-0.2, 0) is 7.05 Å². The van der Waals surface area contributed by atoms with Crippen LogP contribution in [0, 0.1) is 0 Å². The van der Waals surface area contributed by atoms with Crippen LogP contribution in [0.3, 0.4) is 0 Å². The Labute approximate surface area is 71.4 Å². The lowest BCUT2D eigenvalue weighted by Crippen LogP contribution is -2.24. The Morgan fingerprint density at radius 1 is 1.67 bits per heavy atom. The fourth-order valence-corrected chi connectivity index (χ4v) is 1.13. The van der Waals surface area contributed by atoms with E-state index in [0.717, 1.165) is 18.4 Å². The molecule has 1 aromatic rings. The van der Waals surface area contributed by atoms with Crippen LogP contribution in [0.2, 0.25) is 0 Å². The first kappa shape index (κ1) is 7.40. The molecule has 1 saturated carbocycles. The highest BCUT2D eigenvalue weighted by Gasteiger charge is 2.23. The summed E-state index contributed by atoms with van der Waals surface area (Å²) in [6.45, 7) is 0. The number of rotatable bonds is 2. The molecule has 1 amide bonds. The standard InChI is InChI=1S/C9H12N2O/c1-11-5-4-7(6-11)9(12)10-8-2-3-8/h4-6,8H,2-3H2,1H3,(H,10,12). The van der Waals surface area contributed by atoms with Gasteiger partial charge in [0.25, 0.3) is 5.91 Å². The summed E-state index contributed by atoms with van der Waals surface area (Å²) in [5.41, 5.74) is 0.754. The molecule has 1 heterocycles. The molecule has 1 aliphatic carbocycles. The molecule has 0 aromatic carbocycles. The minimum Gasteiger partial charge on any atom is -0.356 e. The molecule has 0 bridgehead atoms. The van der Waals surface area contributed by atoms with E-state index in [0.29, 0.717) is 6.04 Å². The van der Waals surface area contributed by atoms with Crippen LogP contribution < -0.4 is 5.32 Å². The third-order valence-electron chi connectivity index (χ3n) is 2.01. The van der Waals surface area contributed by atoms with Crippen LogP contribution in [0.5, 0.6) is 0 Å². The Balaban J connectivity index is 2.03. The SMILES string of the molecule is Cn1ccc(C(=O)NC2CC2)c1. The Bertz CT molecular complexity index is 299. The van der Waals surface area contributed by atoms with Gasteiger partial charge in [0.15, 0.2) is 0 Å². The molecule has 2 rings (SSSR count). The predicted molar refractivity (Wildman–Crippen MR) is 45.9 cm³/mol. The van der Waals surface area contributed by atoms with Gasteiger partial charge in [-0.25, -0.2) is 0 Å². The minimum atomic E-state index is 0.0538. The summed E-state index contributed by atoms with van der Waals surface area (Å²) in [6.07, 6.45) is 5.98. The number of aryl methyl sites for hydroxylation is 1. The van der Waals surface area contributed by atoms with Crippen LogP contribution in [-0.4, -0.2) is 16.5 Å². The van der Waals surface area contributed by atoms with Crippen molar-refractivity contribution in [3.8, 4) is 0 Å². The third-order valence-corrected chi connectivity index (χ3v) is 2.01. The van der Waals surface area contributed by atoms with Crippen molar-refractivity contribution >= 4 is 5.91 Å². The van der Waals surface area contributed by atoms with Crippen molar-refractivity contribution in [2.75, 3.05) is 0 Å². The summed E-state index contributed by atoms with van der Waals surface area (Å²) in [5, 5.41) is 2.93. The molecule has 0 atom stereocenters. The van der Waals surface area contributed by atoms with Crippen molar-refractivity contribution < 1.29 is 4.79 Å². The highest BCUT2D eigenvalue weighted by Crippen LogP contribution is 2.19. The van der Waals surface area contributed by atoms with Gasteiger partial charge in [0.05, 0.1) is 5.56 Å². The highest BCUT2D eigenvalue weighted by molar-refractivity contribution is 5.94. The number of carbonyl (C=O) groups is 1. The first-order valence-corrected chi connectivity index (χ1v) is 4.18. The average molecular weight is 164 g/mol. The lowest BCUT2D eigenvalue weighted by atomic mass is 10.3. The highest BCUT2D eigenvalue weighted by atomic mass is 16.1. The second kappa shape index (κ2) is 2.66. The molecule has 1 aliphatic rings. The van der Waals surface area contributed by atoms with Crippen LogP contribution in [0.4, 0.5) is 0 Å². The third kappa shape index (κ3) is 1.49. The number of aromatic nitrogens is 1. The van der Waals surface area contributed by atoms with Crippen molar-refractivity contribution in [3.05, 3.63) is 24.0 Å². The number of amides is 1. The van der Waals surface area contributed by atoms with Crippen LogP contribution in [0.1, 0.15) is 23.2 Å². The number of hydrogen-bond acceptors (Lipinski definition) is 1. The van der Waals surface area contributed by atoms with Gasteiger partial charge in [-0.1, -0.05) is 0 Å². The van der Waals surface area contributed by atoms with E-state index in [2.05, 4.69) is 5.32 Å². The molecule has 1 aromatic heterocycles. The smallest absolute Gasteiger partial charge is 0.253 e. The monoisotopic (exact) mass is 164 g/mol. The zero-order valence-electron chi connectivity index (χ0n) is 7.08. The lowest BCUT2D eigenvalue weighted by Gasteiger charge is -1.98. The predicted octanol–water partition coefficient (Wildman–Crippen LogP) is 0.917. The van der Waals surface area contributed by atoms with Crippen molar-refractivity contribution in [1.29, 1.82) is 0 Å². The van der Waals surface area contributed by atoms with Gasteiger partial charge in [-0.15, -0.1) is 0 Å². The second-order valence-corrected chi connectivity index (χ2v) is 3.31. The summed E-state index contributed by atoms with van der Waals surface area (Å²) >= 11 is 0. The van der Waals surface area contributed by atoms with E-state index >= 15 is 0 Å². The Hall–Kier alpha value is -1.25. The number of carbonyl (C=O) groups excluding carboxylic acids is 1. The fraction of sp³-hybridized carbons (Fsp3) is 0.444. The maximum absolute atomic E-state index is 11.4. The number of nitrogens with one attached hydrogen (secondary N) is 1. The molecule has 0 aliphatic heterocycles. The molecule has 3 nitrogen and oxygen atoms in total. The zero-order valence-corrected chi connectivity index (χ0v) is 7.08. The molecule has 1 fully saturated rings. The molecule has 64 valence electrons. The lowest BCUT2D eigenvalue weighted by molar-refractivity contribution is 0.0951. The molecule has 0 unspecified atom stereocenters. The normalized spacial score (nSPS) is 16.1. The van der Waals surface area contributed by atoms with Gasteiger partial charge in [0.2, 0.25) is 0 Å². The van der Waals surface area contributed by atoms with Gasteiger partial charge in [-0.3, -0.25) is 4.79 Å². The van der Waals surface area contributed by atoms with E-state index < -0.39 is 0 Å². The van der Waals surface area contributed by atoms with Crippen LogP contribution in [0.15, 0.2) is 18.5 Å². The van der Waals surface area contributed by atoms with E-state index in [1.165, 1.54) is 0 Å². The van der Waals surface area contributed by atoms with E-state index in [4.69, 9.17) is 0 Å². The van der Waals surface area contributed by atoms with Gasteiger partial charge >= 0.3 is 0 Å². The average Bonchev–Trinajstić information content (AvgIpc) is 2.72. The molecule has 0 radical (unpaired) electrons. The van der Waals surface area contributed by atoms with Gasteiger partial charge in [-0.2, -0.15) is 0 Å². The maximum Gasteiger partial charge on any atom is 0.253 e. The van der Waals surface area contributed by atoms with Crippen LogP contribution >= 0.6 is 0 Å². The van der Waals surface area contributed by atoms with Gasteiger partial charge < -0.3 is 9.88 Å². The van der Waals surface area contributed by atoms with E-state index in [1.807, 2.05) is 30.1 Å². The topological polar surface area (TPSA) is 34.0 Å². The summed E-state index contributed by atoms with van der Waals surface area (Å²) in [4.78, 5) is 11.4. The molecule has 0 saturated heterocycles. The van der Waals surface area contributed by atoms with E-state index in [-0.39, 0.29) is 5.91 Å². The van der Waals surface area contributed by atoms with Crippen molar-refractivity contribution in [2.24, 2.45) is 7.05 Å². The van der Waals surface area contributed by atoms with Crippen molar-refractivity contribution in [1.82, 2.24) is 9.88 Å². The molecular formula is C9H12N2O. The maximum atomic E-state index is 11.4. The molecular weight excluding hydrogens is 152 g/mol. The number of hydrogen-bond donors (Lipinski definition) is 1. The second-order valence-electron chi connectivity index (χ2n) is 3.31. The fourth-order valence-electron chi connectivity index (χ4n) is 1.13. The van der Waals surface area contributed by atoms with Gasteiger partial charge in [0.1, 0.15) is 0 Å². The largest absolute Gasteiger partial charge is 0.356 e. The summed E-state index contributed by atoms with van der Waals surface area (Å²) in [5.74, 6) is 0.0538. The van der Waals surface area contributed by atoms with E-state index in [1.54, 1.807) is 0 Å². The Kier molecular flexibility index (Phi) is 1.64. The van der Waals surface area contributed by atoms with E-state index in [9.17, 15) is 4.79 Å². The first-order chi connectivity index (χ1) is 5.75. The number of nitrogens with zero attached hydrogens (tertiary/aromatic N) is 1. The van der Waals surface area contributed by atoms with Crippen molar-refractivity contribution in [2.45, 2.75) is 18.9 Å². The molecule has 12 heavy (non-hydrogen) atoms. The zero-order chi connectivity index (χ0) is 8.55. The summed E-state index contributed by atoms with van der Waals surface area (Å²) < 4.78 is 1.88. The van der Waals surface area contributed by atoms with Crippen LogP contribution in [0.25, 0.3) is 0 Å². The molecule has 1 N–H and O–H groups in total. The molecule has 3 heteroatoms. The Morgan fingerprint density at radius 3 is 2.92 bits per heavy atom. The molecule has 0 spiro atoms. The van der Waals surface area contributed by atoms with Gasteiger partial charge in [-0.05, 0) is 18.9 Å². The summed E-state index contributed by atoms with van der Waals surface area (Å²) in [6, 6.07) is 2.27. The quantitative estimate of drug-likeness (QED) is 0.692. The van der Waals surface area contributed by atoms with Crippen molar-refractivity contribution in [3.63, 3.8) is 0 Å². The minimum absolute atomic E-state index is 0.0538. The van der Waals surface area contributed by atoms with Gasteiger partial charge in [0, 0.05) is 25.5 Å². The first-order valence-electron chi connectivity index (χ1n) is 4.18. The Morgan fingerprint density at radius 2 is 2.42 bits per heavy atom.